The minimum absolute atomic E-state index is 0.116. The van der Waals surface area contributed by atoms with Crippen LogP contribution < -0.4 is 5.73 Å². The summed E-state index contributed by atoms with van der Waals surface area (Å²) in [6, 6.07) is 9.68. The monoisotopic (exact) mass is 272 g/mol. The molecular weight excluding hydrogens is 248 g/mol. The molecule has 2 unspecified atom stereocenters. The molecule has 1 aliphatic heterocycles. The van der Waals surface area contributed by atoms with E-state index in [1.54, 1.807) is 0 Å². The Hall–Kier alpha value is -1.35. The molecule has 0 spiro atoms. The highest BCUT2D eigenvalue weighted by Gasteiger charge is 2.37. The second kappa shape index (κ2) is 5.96. The smallest absolute Gasteiger partial charge is 0.244 e. The van der Waals surface area contributed by atoms with Gasteiger partial charge in [-0.1, -0.05) is 43.2 Å². The summed E-state index contributed by atoms with van der Waals surface area (Å²) in [7, 11) is 0. The Labute approximate surface area is 121 Å². The lowest BCUT2D eigenvalue weighted by molar-refractivity contribution is -0.134. The summed E-state index contributed by atoms with van der Waals surface area (Å²) in [4.78, 5) is 14.8. The molecule has 20 heavy (non-hydrogen) atoms. The third kappa shape index (κ3) is 2.59. The highest BCUT2D eigenvalue weighted by Crippen LogP contribution is 2.36. The Balaban J connectivity index is 1.72. The van der Waals surface area contributed by atoms with Crippen molar-refractivity contribution in [3.63, 3.8) is 0 Å². The van der Waals surface area contributed by atoms with Crippen molar-refractivity contribution in [1.29, 1.82) is 0 Å². The normalized spacial score (nSPS) is 25.1. The standard InChI is InChI=1S/C17H24N2O/c18-16(14-9-2-1-3-10-14)17(20)19-12-6-11-15(19)13-7-4-5-8-13/h1-3,9-10,13,15-16H,4-8,11-12,18H2. The van der Waals surface area contributed by atoms with E-state index in [1.807, 2.05) is 30.3 Å². The van der Waals surface area contributed by atoms with Crippen molar-refractivity contribution >= 4 is 5.91 Å². The molecule has 1 heterocycles. The molecule has 0 radical (unpaired) electrons. The van der Waals surface area contributed by atoms with Crippen molar-refractivity contribution in [2.45, 2.75) is 50.6 Å². The maximum absolute atomic E-state index is 12.7. The summed E-state index contributed by atoms with van der Waals surface area (Å²) in [6.07, 6.45) is 7.53. The molecule has 1 saturated heterocycles. The van der Waals surface area contributed by atoms with Crippen LogP contribution in [-0.2, 0) is 4.79 Å². The van der Waals surface area contributed by atoms with Crippen molar-refractivity contribution in [3.05, 3.63) is 35.9 Å². The molecule has 1 aliphatic carbocycles. The first-order chi connectivity index (χ1) is 9.77. The molecule has 2 aliphatic rings. The van der Waals surface area contributed by atoms with Crippen molar-refractivity contribution in [2.24, 2.45) is 11.7 Å². The fraction of sp³-hybridized carbons (Fsp3) is 0.588. The summed E-state index contributed by atoms with van der Waals surface area (Å²) in [6.45, 7) is 0.889. The Morgan fingerprint density at radius 2 is 1.80 bits per heavy atom. The van der Waals surface area contributed by atoms with Crippen molar-refractivity contribution in [2.75, 3.05) is 6.54 Å². The number of carbonyl (C=O) groups excluding carboxylic acids is 1. The Morgan fingerprint density at radius 1 is 1.10 bits per heavy atom. The first kappa shape index (κ1) is 13.6. The summed E-state index contributed by atoms with van der Waals surface area (Å²) in [5.74, 6) is 0.829. The van der Waals surface area contributed by atoms with Crippen molar-refractivity contribution in [3.8, 4) is 0 Å². The van der Waals surface area contributed by atoms with Gasteiger partial charge in [0.1, 0.15) is 6.04 Å². The van der Waals surface area contributed by atoms with Gasteiger partial charge in [0.05, 0.1) is 0 Å². The largest absolute Gasteiger partial charge is 0.338 e. The molecule has 1 saturated carbocycles. The quantitative estimate of drug-likeness (QED) is 0.919. The van der Waals surface area contributed by atoms with Crippen LogP contribution in [0.25, 0.3) is 0 Å². The Morgan fingerprint density at radius 3 is 2.50 bits per heavy atom. The summed E-state index contributed by atoms with van der Waals surface area (Å²) < 4.78 is 0. The van der Waals surface area contributed by atoms with Gasteiger partial charge in [0.2, 0.25) is 5.91 Å². The zero-order chi connectivity index (χ0) is 13.9. The van der Waals surface area contributed by atoms with Gasteiger partial charge in [-0.15, -0.1) is 0 Å². The van der Waals surface area contributed by atoms with Gasteiger partial charge in [0, 0.05) is 12.6 Å². The summed E-state index contributed by atoms with van der Waals surface area (Å²) in [5.41, 5.74) is 7.11. The number of carbonyl (C=O) groups is 1. The number of amides is 1. The zero-order valence-electron chi connectivity index (χ0n) is 12.0. The van der Waals surface area contributed by atoms with Crippen LogP contribution in [0.3, 0.4) is 0 Å². The lowest BCUT2D eigenvalue weighted by Crippen LogP contribution is -2.44. The number of nitrogens with zero attached hydrogens (tertiary/aromatic N) is 1. The van der Waals surface area contributed by atoms with Crippen LogP contribution >= 0.6 is 0 Å². The van der Waals surface area contributed by atoms with Crippen LogP contribution in [0.4, 0.5) is 0 Å². The van der Waals surface area contributed by atoms with E-state index in [0.717, 1.165) is 24.9 Å². The second-order valence-corrected chi connectivity index (χ2v) is 6.17. The van der Waals surface area contributed by atoms with E-state index in [2.05, 4.69) is 4.90 Å². The van der Waals surface area contributed by atoms with E-state index in [9.17, 15) is 4.79 Å². The fourth-order valence-electron chi connectivity index (χ4n) is 3.88. The lowest BCUT2D eigenvalue weighted by Gasteiger charge is -2.31. The van der Waals surface area contributed by atoms with Gasteiger partial charge < -0.3 is 10.6 Å². The van der Waals surface area contributed by atoms with Gasteiger partial charge in [-0.25, -0.2) is 0 Å². The predicted octanol–water partition coefficient (Wildman–Crippen LogP) is 2.87. The molecule has 108 valence electrons. The van der Waals surface area contributed by atoms with Gasteiger partial charge in [-0.2, -0.15) is 0 Å². The van der Waals surface area contributed by atoms with Crippen LogP contribution in [0.1, 0.15) is 50.1 Å². The number of likely N-dealkylation sites (tertiary alicyclic amines) is 1. The molecular formula is C17H24N2O. The first-order valence-electron chi connectivity index (χ1n) is 7.88. The van der Waals surface area contributed by atoms with Gasteiger partial charge in [0.25, 0.3) is 0 Å². The molecule has 2 atom stereocenters. The highest BCUT2D eigenvalue weighted by molar-refractivity contribution is 5.83. The molecule has 2 N–H and O–H groups in total. The lowest BCUT2D eigenvalue weighted by atomic mass is 9.95. The average Bonchev–Trinajstić information content (AvgIpc) is 3.16. The highest BCUT2D eigenvalue weighted by atomic mass is 16.2. The van der Waals surface area contributed by atoms with Gasteiger partial charge in [-0.3, -0.25) is 4.79 Å². The van der Waals surface area contributed by atoms with E-state index in [4.69, 9.17) is 5.73 Å². The SMILES string of the molecule is NC(C(=O)N1CCCC1C1CCCC1)c1ccccc1. The van der Waals surface area contributed by atoms with E-state index < -0.39 is 6.04 Å². The van der Waals surface area contributed by atoms with Crippen LogP contribution in [-0.4, -0.2) is 23.4 Å². The third-order valence-corrected chi connectivity index (χ3v) is 4.95. The molecule has 1 amide bonds. The number of hydrogen-bond donors (Lipinski definition) is 1. The molecule has 3 rings (SSSR count). The molecule has 3 nitrogen and oxygen atoms in total. The Bertz CT molecular complexity index is 453. The molecule has 1 aromatic rings. The van der Waals surface area contributed by atoms with Crippen LogP contribution in [0, 0.1) is 5.92 Å². The van der Waals surface area contributed by atoms with Crippen molar-refractivity contribution < 1.29 is 4.79 Å². The summed E-state index contributed by atoms with van der Waals surface area (Å²) >= 11 is 0. The van der Waals surface area contributed by atoms with Crippen LogP contribution in [0.15, 0.2) is 30.3 Å². The van der Waals surface area contributed by atoms with Gasteiger partial charge in [0.15, 0.2) is 0 Å². The van der Waals surface area contributed by atoms with Crippen molar-refractivity contribution in [1.82, 2.24) is 4.90 Å². The molecule has 1 aromatic carbocycles. The topological polar surface area (TPSA) is 46.3 Å². The maximum Gasteiger partial charge on any atom is 0.244 e. The van der Waals surface area contributed by atoms with Crippen LogP contribution in [0.5, 0.6) is 0 Å². The van der Waals surface area contributed by atoms with Gasteiger partial charge >= 0.3 is 0 Å². The van der Waals surface area contributed by atoms with E-state index in [-0.39, 0.29) is 5.91 Å². The van der Waals surface area contributed by atoms with E-state index in [1.165, 1.54) is 25.7 Å². The number of benzene rings is 1. The van der Waals surface area contributed by atoms with E-state index >= 15 is 0 Å². The Kier molecular flexibility index (Phi) is 4.06. The van der Waals surface area contributed by atoms with Gasteiger partial charge in [-0.05, 0) is 37.2 Å². The first-order valence-corrected chi connectivity index (χ1v) is 7.88. The zero-order valence-corrected chi connectivity index (χ0v) is 12.0. The number of rotatable bonds is 3. The molecule has 2 fully saturated rings. The minimum atomic E-state index is -0.502. The molecule has 0 bridgehead atoms. The van der Waals surface area contributed by atoms with Crippen LogP contribution in [0.2, 0.25) is 0 Å². The molecule has 0 aromatic heterocycles. The third-order valence-electron chi connectivity index (χ3n) is 4.95. The predicted molar refractivity (Wildman–Crippen MR) is 80.1 cm³/mol. The maximum atomic E-state index is 12.7. The number of nitrogens with two attached hydrogens (primary N) is 1. The fourth-order valence-corrected chi connectivity index (χ4v) is 3.88. The average molecular weight is 272 g/mol. The van der Waals surface area contributed by atoms with E-state index in [0.29, 0.717) is 12.0 Å². The second-order valence-electron chi connectivity index (χ2n) is 6.17. The number of hydrogen-bond acceptors (Lipinski definition) is 2. The summed E-state index contributed by atoms with van der Waals surface area (Å²) in [5, 5.41) is 0. The molecule has 3 heteroatoms. The minimum Gasteiger partial charge on any atom is -0.338 e.